The van der Waals surface area contributed by atoms with Gasteiger partial charge in [0.15, 0.2) is 0 Å². The number of rotatable bonds is 6. The fourth-order valence-electron chi connectivity index (χ4n) is 1.51. The van der Waals surface area contributed by atoms with Crippen LogP contribution >= 0.6 is 0 Å². The molecule has 1 aromatic carbocycles. The monoisotopic (exact) mass is 312 g/mol. The van der Waals surface area contributed by atoms with E-state index in [-0.39, 0.29) is 4.90 Å². The van der Waals surface area contributed by atoms with Crippen LogP contribution in [0.5, 0.6) is 5.75 Å². The van der Waals surface area contributed by atoms with Gasteiger partial charge in [0.1, 0.15) is 12.3 Å². The first-order valence-corrected chi connectivity index (χ1v) is 7.06. The Morgan fingerprint density at radius 3 is 2.45 bits per heavy atom. The lowest BCUT2D eigenvalue weighted by Crippen LogP contribution is -2.33. The fraction of sp³-hybridized carbons (Fsp3) is 0.455. The van der Waals surface area contributed by atoms with E-state index < -0.39 is 22.7 Å². The van der Waals surface area contributed by atoms with Gasteiger partial charge in [0.2, 0.25) is 10.0 Å². The Balaban J connectivity index is 3.03. The quantitative estimate of drug-likeness (QED) is 0.830. The SMILES string of the molecule is CNCc1cc(S(=O)(=O)NCC(F)(F)F)ccc1OC. The molecule has 0 bridgehead atoms. The van der Waals surface area contributed by atoms with Crippen LogP contribution < -0.4 is 14.8 Å². The maximum Gasteiger partial charge on any atom is 0.402 e. The van der Waals surface area contributed by atoms with Crippen LogP contribution in [0.25, 0.3) is 0 Å². The lowest BCUT2D eigenvalue weighted by Gasteiger charge is -2.12. The topological polar surface area (TPSA) is 67.4 Å². The molecule has 0 saturated carbocycles. The summed E-state index contributed by atoms with van der Waals surface area (Å²) in [7, 11) is -1.14. The molecule has 0 spiro atoms. The third kappa shape index (κ3) is 4.66. The second-order valence-corrected chi connectivity index (χ2v) is 5.71. The van der Waals surface area contributed by atoms with E-state index in [2.05, 4.69) is 5.32 Å². The highest BCUT2D eigenvalue weighted by atomic mass is 32.2. The second kappa shape index (κ2) is 6.42. The molecule has 0 aliphatic rings. The molecule has 1 rings (SSSR count). The molecule has 0 atom stereocenters. The maximum absolute atomic E-state index is 12.1. The molecule has 0 amide bonds. The van der Waals surface area contributed by atoms with E-state index in [0.717, 1.165) is 0 Å². The molecule has 5 nitrogen and oxygen atoms in total. The van der Waals surface area contributed by atoms with Gasteiger partial charge in [-0.2, -0.15) is 13.2 Å². The summed E-state index contributed by atoms with van der Waals surface area (Å²) >= 11 is 0. The Labute approximate surface area is 115 Å². The summed E-state index contributed by atoms with van der Waals surface area (Å²) in [5.41, 5.74) is 0.532. The van der Waals surface area contributed by atoms with Crippen molar-refractivity contribution in [3.63, 3.8) is 0 Å². The van der Waals surface area contributed by atoms with Gasteiger partial charge in [-0.05, 0) is 25.2 Å². The van der Waals surface area contributed by atoms with Crippen molar-refractivity contribution in [3.8, 4) is 5.75 Å². The van der Waals surface area contributed by atoms with E-state index in [1.165, 1.54) is 30.0 Å². The molecule has 20 heavy (non-hydrogen) atoms. The molecule has 9 heteroatoms. The molecule has 0 aliphatic heterocycles. The van der Waals surface area contributed by atoms with Gasteiger partial charge in [-0.15, -0.1) is 0 Å². The standard InChI is InChI=1S/C11H15F3N2O3S/c1-15-6-8-5-9(3-4-10(8)19-2)20(17,18)16-7-11(12,13)14/h3-5,15-16H,6-7H2,1-2H3. The van der Waals surface area contributed by atoms with E-state index in [1.807, 2.05) is 0 Å². The molecule has 1 aromatic rings. The van der Waals surface area contributed by atoms with Gasteiger partial charge in [0.25, 0.3) is 0 Å². The molecule has 2 N–H and O–H groups in total. The normalized spacial score (nSPS) is 12.4. The molecule has 0 saturated heterocycles. The fourth-order valence-corrected chi connectivity index (χ4v) is 2.58. The second-order valence-electron chi connectivity index (χ2n) is 3.94. The van der Waals surface area contributed by atoms with Crippen molar-refractivity contribution in [3.05, 3.63) is 23.8 Å². The van der Waals surface area contributed by atoms with Crippen LogP contribution in [0.1, 0.15) is 5.56 Å². The first kappa shape index (κ1) is 16.7. The van der Waals surface area contributed by atoms with E-state index >= 15 is 0 Å². The van der Waals surface area contributed by atoms with Crippen LogP contribution in [0.15, 0.2) is 23.1 Å². The van der Waals surface area contributed by atoms with Crippen molar-refractivity contribution in [2.24, 2.45) is 0 Å². The summed E-state index contributed by atoms with van der Waals surface area (Å²) < 4.78 is 66.3. The van der Waals surface area contributed by atoms with Crippen LogP contribution in [0.4, 0.5) is 13.2 Å². The number of hydrogen-bond acceptors (Lipinski definition) is 4. The summed E-state index contributed by atoms with van der Waals surface area (Å²) in [4.78, 5) is -0.243. The third-order valence-corrected chi connectivity index (χ3v) is 3.79. The molecule has 0 aliphatic carbocycles. The lowest BCUT2D eigenvalue weighted by atomic mass is 10.2. The van der Waals surface area contributed by atoms with Gasteiger partial charge in [-0.25, -0.2) is 13.1 Å². The van der Waals surface area contributed by atoms with Crippen molar-refractivity contribution in [1.29, 1.82) is 0 Å². The third-order valence-electron chi connectivity index (χ3n) is 2.39. The van der Waals surface area contributed by atoms with Crippen molar-refractivity contribution in [2.45, 2.75) is 17.6 Å². The van der Waals surface area contributed by atoms with Crippen LogP contribution in [0.2, 0.25) is 0 Å². The Bertz CT molecular complexity index is 559. The molecule has 114 valence electrons. The minimum Gasteiger partial charge on any atom is -0.496 e. The molecule has 0 radical (unpaired) electrons. The zero-order valence-corrected chi connectivity index (χ0v) is 11.7. The Hall–Kier alpha value is -1.32. The summed E-state index contributed by atoms with van der Waals surface area (Å²) in [6.07, 6.45) is -4.60. The largest absolute Gasteiger partial charge is 0.496 e. The van der Waals surface area contributed by atoms with Gasteiger partial charge < -0.3 is 10.1 Å². The van der Waals surface area contributed by atoms with Crippen molar-refractivity contribution in [1.82, 2.24) is 10.0 Å². The summed E-state index contributed by atoms with van der Waals surface area (Å²) in [5.74, 6) is 0.453. The molecular weight excluding hydrogens is 297 g/mol. The number of ether oxygens (including phenoxy) is 1. The number of alkyl halides is 3. The Morgan fingerprint density at radius 2 is 1.95 bits per heavy atom. The predicted molar refractivity (Wildman–Crippen MR) is 67.0 cm³/mol. The van der Waals surface area contributed by atoms with Crippen molar-refractivity contribution < 1.29 is 26.3 Å². The highest BCUT2D eigenvalue weighted by molar-refractivity contribution is 7.89. The lowest BCUT2D eigenvalue weighted by molar-refractivity contribution is -0.121. The highest BCUT2D eigenvalue weighted by Crippen LogP contribution is 2.23. The maximum atomic E-state index is 12.1. The average Bonchev–Trinajstić information content (AvgIpc) is 2.36. The van der Waals surface area contributed by atoms with E-state index in [0.29, 0.717) is 17.9 Å². The van der Waals surface area contributed by atoms with Gasteiger partial charge in [0, 0.05) is 12.1 Å². The number of nitrogens with one attached hydrogen (secondary N) is 2. The predicted octanol–water partition coefficient (Wildman–Crippen LogP) is 1.26. The molecule has 0 unspecified atom stereocenters. The zero-order valence-electron chi connectivity index (χ0n) is 10.9. The highest BCUT2D eigenvalue weighted by Gasteiger charge is 2.30. The van der Waals surface area contributed by atoms with Crippen LogP contribution in [0.3, 0.4) is 0 Å². The van der Waals surface area contributed by atoms with Gasteiger partial charge in [-0.1, -0.05) is 0 Å². The van der Waals surface area contributed by atoms with Gasteiger partial charge in [0.05, 0.1) is 12.0 Å². The van der Waals surface area contributed by atoms with Crippen LogP contribution in [-0.4, -0.2) is 35.3 Å². The van der Waals surface area contributed by atoms with E-state index in [9.17, 15) is 21.6 Å². The van der Waals surface area contributed by atoms with Crippen molar-refractivity contribution in [2.75, 3.05) is 20.7 Å². The minimum absolute atomic E-state index is 0.243. The Kier molecular flexibility index (Phi) is 5.37. The first-order chi connectivity index (χ1) is 9.19. The molecular formula is C11H15F3N2O3S. The number of methoxy groups -OCH3 is 1. The number of halogens is 3. The number of benzene rings is 1. The Morgan fingerprint density at radius 1 is 1.30 bits per heavy atom. The summed E-state index contributed by atoms with van der Waals surface area (Å²) in [5, 5.41) is 2.82. The number of hydrogen-bond donors (Lipinski definition) is 2. The summed E-state index contributed by atoms with van der Waals surface area (Å²) in [6, 6.07) is 3.86. The first-order valence-electron chi connectivity index (χ1n) is 5.57. The smallest absolute Gasteiger partial charge is 0.402 e. The van der Waals surface area contributed by atoms with Crippen LogP contribution in [-0.2, 0) is 16.6 Å². The molecule has 0 heterocycles. The van der Waals surface area contributed by atoms with Crippen LogP contribution in [0, 0.1) is 0 Å². The van der Waals surface area contributed by atoms with Crippen molar-refractivity contribution >= 4 is 10.0 Å². The van der Waals surface area contributed by atoms with E-state index in [1.54, 1.807) is 7.05 Å². The average molecular weight is 312 g/mol. The molecule has 0 fully saturated rings. The number of sulfonamides is 1. The zero-order chi connectivity index (χ0) is 15.4. The van der Waals surface area contributed by atoms with E-state index in [4.69, 9.17) is 4.74 Å². The van der Waals surface area contributed by atoms with Gasteiger partial charge >= 0.3 is 6.18 Å². The van der Waals surface area contributed by atoms with Gasteiger partial charge in [-0.3, -0.25) is 0 Å². The molecule has 0 aromatic heterocycles. The minimum atomic E-state index is -4.60. The summed E-state index contributed by atoms with van der Waals surface area (Å²) in [6.45, 7) is -1.28.